The number of benzene rings is 2. The van der Waals surface area contributed by atoms with Gasteiger partial charge in [-0.1, -0.05) is 23.7 Å². The Bertz CT molecular complexity index is 1340. The molecule has 3 aromatic rings. The van der Waals surface area contributed by atoms with Crippen molar-refractivity contribution >= 4 is 38.2 Å². The highest BCUT2D eigenvalue weighted by Gasteiger charge is 2.46. The lowest BCUT2D eigenvalue weighted by Crippen LogP contribution is -2.53. The smallest absolute Gasteiger partial charge is 0.469 e. The van der Waals surface area contributed by atoms with Gasteiger partial charge in [-0.05, 0) is 32.1 Å². The maximum Gasteiger partial charge on any atom is 0.469 e. The zero-order chi connectivity index (χ0) is 24.1. The third-order valence-corrected chi connectivity index (χ3v) is 6.92. The van der Waals surface area contributed by atoms with Crippen LogP contribution < -0.4 is 5.43 Å². The Labute approximate surface area is 194 Å². The number of hydrogen-bond donors (Lipinski definition) is 4. The molecule has 33 heavy (non-hydrogen) atoms. The fraction of sp³-hybridized carbons (Fsp3) is 0.286. The summed E-state index contributed by atoms with van der Waals surface area (Å²) in [4.78, 5) is 33.9. The summed E-state index contributed by atoms with van der Waals surface area (Å²) < 4.78 is 23.0. The second kappa shape index (κ2) is 8.47. The maximum absolute atomic E-state index is 13.0. The van der Waals surface area contributed by atoms with E-state index in [4.69, 9.17) is 20.5 Å². The predicted molar refractivity (Wildman–Crippen MR) is 126 cm³/mol. The summed E-state index contributed by atoms with van der Waals surface area (Å²) in [5.41, 5.74) is -1.53. The molecule has 12 heteroatoms. The van der Waals surface area contributed by atoms with E-state index in [0.29, 0.717) is 23.6 Å². The molecule has 1 aliphatic rings. The lowest BCUT2D eigenvalue weighted by molar-refractivity contribution is 0.0222. The monoisotopic (exact) mass is 493 g/mol. The number of phosphoric acid groups is 1. The van der Waals surface area contributed by atoms with Crippen LogP contribution in [0.15, 0.2) is 45.6 Å². The van der Waals surface area contributed by atoms with E-state index in [1.165, 1.54) is 13.9 Å². The molecule has 2 aromatic carbocycles. The third kappa shape index (κ3) is 4.55. The quantitative estimate of drug-likeness (QED) is 0.318. The Morgan fingerprint density at radius 1 is 1.24 bits per heavy atom. The zero-order valence-corrected chi connectivity index (χ0v) is 19.5. The highest BCUT2D eigenvalue weighted by Crippen LogP contribution is 2.51. The normalized spacial score (nSPS) is 22.0. The van der Waals surface area contributed by atoms with E-state index in [-0.39, 0.29) is 34.6 Å². The summed E-state index contributed by atoms with van der Waals surface area (Å²) in [5.74, 6) is -1.50. The summed E-state index contributed by atoms with van der Waals surface area (Å²) in [6.07, 6.45) is 0.334. The zero-order valence-electron chi connectivity index (χ0n) is 17.9. The van der Waals surface area contributed by atoms with Crippen LogP contribution in [0.4, 0.5) is 0 Å². The molecule has 1 aromatic heterocycles. The van der Waals surface area contributed by atoms with Gasteiger partial charge in [-0.15, -0.1) is 0 Å². The second-order valence-electron chi connectivity index (χ2n) is 8.46. The van der Waals surface area contributed by atoms with Crippen LogP contribution in [0.3, 0.4) is 0 Å². The van der Waals surface area contributed by atoms with E-state index in [0.717, 1.165) is 6.07 Å². The molecule has 0 bridgehead atoms. The van der Waals surface area contributed by atoms with Gasteiger partial charge < -0.3 is 29.3 Å². The summed E-state index contributed by atoms with van der Waals surface area (Å²) in [7, 11) is -1.60. The van der Waals surface area contributed by atoms with Crippen LogP contribution >= 0.6 is 19.4 Å². The van der Waals surface area contributed by atoms with Crippen LogP contribution in [0.25, 0.3) is 22.3 Å². The van der Waals surface area contributed by atoms with Gasteiger partial charge in [0.15, 0.2) is 5.43 Å². The fourth-order valence-electron chi connectivity index (χ4n) is 4.65. The van der Waals surface area contributed by atoms with Crippen LogP contribution in [0, 0.1) is 0 Å². The molecule has 9 nitrogen and oxygen atoms in total. The molecule has 4 N–H and O–H groups in total. The lowest BCUT2D eigenvalue weighted by Gasteiger charge is -2.45. The van der Waals surface area contributed by atoms with Gasteiger partial charge in [0.05, 0.1) is 10.5 Å². The van der Waals surface area contributed by atoms with Crippen molar-refractivity contribution in [1.82, 2.24) is 4.90 Å². The van der Waals surface area contributed by atoms with Gasteiger partial charge in [0.1, 0.15) is 36.1 Å². The molecule has 1 saturated heterocycles. The number of piperidine rings is 1. The standard InChI is InChI=1S/C21H22BClNO8P/c1-24-7-6-12(21(22,10-24)32-33(28,29)30)18-14(25)8-15(26)19-16(27)9-17(31-20(18)19)11-4-2-3-5-13(11)23/h2-5,8-9,12,25-26H,6-7,10,22H2,1H3,(H2,28,29,30). The SMILES string of the molecule is BC1(OP(=O)(O)O)CN(C)CCC1c1c(O)cc(O)c2c(=O)cc(-c3ccccc3Cl)oc12. The second-order valence-corrected chi connectivity index (χ2v) is 10.0. The number of aromatic hydroxyl groups is 2. The molecule has 0 aliphatic carbocycles. The minimum atomic E-state index is -4.91. The van der Waals surface area contributed by atoms with Gasteiger partial charge >= 0.3 is 7.82 Å². The molecule has 0 saturated carbocycles. The van der Waals surface area contributed by atoms with Gasteiger partial charge in [0.25, 0.3) is 0 Å². The number of rotatable bonds is 4. The number of hydrogen-bond acceptors (Lipinski definition) is 7. The number of phosphoric ester groups is 1. The Balaban J connectivity index is 2.01. The molecule has 174 valence electrons. The molecule has 1 aliphatic heterocycles. The first-order chi connectivity index (χ1) is 15.4. The van der Waals surface area contributed by atoms with E-state index >= 15 is 0 Å². The molecule has 0 spiro atoms. The number of phenols is 2. The first-order valence-corrected chi connectivity index (χ1v) is 12.0. The predicted octanol–water partition coefficient (Wildman–Crippen LogP) is 2.38. The van der Waals surface area contributed by atoms with Gasteiger partial charge in [0.2, 0.25) is 0 Å². The molecule has 1 fully saturated rings. The highest BCUT2D eigenvalue weighted by molar-refractivity contribution is 7.46. The van der Waals surface area contributed by atoms with Gasteiger partial charge in [-0.3, -0.25) is 9.32 Å². The van der Waals surface area contributed by atoms with Crippen molar-refractivity contribution in [3.8, 4) is 22.8 Å². The van der Waals surface area contributed by atoms with E-state index in [2.05, 4.69) is 0 Å². The fourth-order valence-corrected chi connectivity index (χ4v) is 5.60. The number of halogens is 1. The summed E-state index contributed by atoms with van der Waals surface area (Å²) in [5, 5.41) is 21.4. The highest BCUT2D eigenvalue weighted by atomic mass is 35.5. The molecule has 4 rings (SSSR count). The number of nitrogens with zero attached hydrogens (tertiary/aromatic N) is 1. The average molecular weight is 494 g/mol. The van der Waals surface area contributed by atoms with Crippen LogP contribution in [0.2, 0.25) is 5.02 Å². The number of likely N-dealkylation sites (tertiary alicyclic amines) is 1. The Kier molecular flexibility index (Phi) is 6.11. The van der Waals surface area contributed by atoms with Gasteiger partial charge in [-0.25, -0.2) is 4.57 Å². The summed E-state index contributed by atoms with van der Waals surface area (Å²) in [6.45, 7) is 0.667. The minimum Gasteiger partial charge on any atom is -0.507 e. The van der Waals surface area contributed by atoms with Gasteiger partial charge in [-0.2, -0.15) is 0 Å². The largest absolute Gasteiger partial charge is 0.507 e. The Morgan fingerprint density at radius 2 is 1.94 bits per heavy atom. The molecular weight excluding hydrogens is 471 g/mol. The van der Waals surface area contributed by atoms with Crippen LogP contribution in [-0.2, 0) is 9.09 Å². The minimum absolute atomic E-state index is 0.0926. The van der Waals surface area contributed by atoms with Crippen molar-refractivity contribution in [1.29, 1.82) is 0 Å². The topological polar surface area (TPSA) is 141 Å². The van der Waals surface area contributed by atoms with Crippen molar-refractivity contribution < 1.29 is 33.5 Å². The van der Waals surface area contributed by atoms with E-state index in [1.54, 1.807) is 31.3 Å². The first kappa shape index (κ1) is 23.8. The van der Waals surface area contributed by atoms with Crippen LogP contribution in [0.1, 0.15) is 17.9 Å². The van der Waals surface area contributed by atoms with Crippen molar-refractivity contribution in [2.24, 2.45) is 0 Å². The number of phenolic OH excluding ortho intramolecular Hbond substituents is 2. The van der Waals surface area contributed by atoms with E-state index in [9.17, 15) is 29.4 Å². The van der Waals surface area contributed by atoms with Crippen molar-refractivity contribution in [2.75, 3.05) is 20.1 Å². The Hall–Kier alpha value is -2.33. The van der Waals surface area contributed by atoms with E-state index in [1.807, 2.05) is 4.90 Å². The molecule has 2 atom stereocenters. The van der Waals surface area contributed by atoms with Crippen LogP contribution in [0.5, 0.6) is 11.5 Å². The third-order valence-electron chi connectivity index (χ3n) is 5.93. The first-order valence-electron chi connectivity index (χ1n) is 10.1. The molecule has 0 amide bonds. The molecule has 0 radical (unpaired) electrons. The summed E-state index contributed by atoms with van der Waals surface area (Å²) in [6, 6.07) is 8.95. The Morgan fingerprint density at radius 3 is 2.61 bits per heavy atom. The van der Waals surface area contributed by atoms with Crippen molar-refractivity contribution in [3.05, 3.63) is 57.2 Å². The van der Waals surface area contributed by atoms with Crippen LogP contribution in [-0.4, -0.2) is 58.4 Å². The number of likely N-dealkylation sites (N-methyl/N-ethyl adjacent to an activating group) is 1. The summed E-state index contributed by atoms with van der Waals surface area (Å²) >= 11 is 6.27. The van der Waals surface area contributed by atoms with E-state index < -0.39 is 30.4 Å². The maximum atomic E-state index is 13.0. The van der Waals surface area contributed by atoms with Crippen molar-refractivity contribution in [2.45, 2.75) is 17.8 Å². The molecular formula is C21H22BClNO8P. The molecule has 2 unspecified atom stereocenters. The molecule has 2 heterocycles. The average Bonchev–Trinajstić information content (AvgIpc) is 2.67. The number of fused-ring (bicyclic) bond motifs is 1. The van der Waals surface area contributed by atoms with Crippen molar-refractivity contribution in [3.63, 3.8) is 0 Å². The van der Waals surface area contributed by atoms with Gasteiger partial charge in [0, 0.05) is 35.7 Å². The lowest BCUT2D eigenvalue weighted by atomic mass is 9.65.